The van der Waals surface area contributed by atoms with Crippen molar-refractivity contribution < 1.29 is 24.7 Å². The van der Waals surface area contributed by atoms with E-state index in [0.717, 1.165) is 6.42 Å². The van der Waals surface area contributed by atoms with Gasteiger partial charge in [0.1, 0.15) is 0 Å². The van der Waals surface area contributed by atoms with Crippen molar-refractivity contribution in [1.29, 1.82) is 0 Å². The number of hydrogen-bond acceptors (Lipinski definition) is 1. The van der Waals surface area contributed by atoms with Crippen LogP contribution in [-0.2, 0) is 24.7 Å². The number of halogens is 2. The molecule has 205 valence electrons. The van der Waals surface area contributed by atoms with Gasteiger partial charge in [-0.1, -0.05) is 0 Å². The van der Waals surface area contributed by atoms with E-state index >= 15 is 0 Å². The van der Waals surface area contributed by atoms with Crippen molar-refractivity contribution in [3.05, 3.63) is 135 Å². The molecule has 2 unspecified atom stereocenters. The average Bonchev–Trinajstić information content (AvgIpc) is 3.56. The molecule has 0 radical (unpaired) electrons. The van der Waals surface area contributed by atoms with E-state index in [9.17, 15) is 0 Å². The Kier molecular flexibility index (Phi) is 8.72. The van der Waals surface area contributed by atoms with Crippen molar-refractivity contribution in [2.75, 3.05) is 0 Å². The number of allylic oxidation sites excluding steroid dienone is 8. The summed E-state index contributed by atoms with van der Waals surface area (Å²) in [6.45, 7) is 11.8. The molecule has 4 heteroatoms. The summed E-state index contributed by atoms with van der Waals surface area (Å²) in [7, 11) is 0. The van der Waals surface area contributed by atoms with Gasteiger partial charge in [-0.3, -0.25) is 0 Å². The summed E-state index contributed by atoms with van der Waals surface area (Å²) in [6.07, 6.45) is 5.92. The molecule has 3 aliphatic rings. The first-order chi connectivity index (χ1) is 19.0. The number of fused-ring (bicyclic) bond motifs is 4. The van der Waals surface area contributed by atoms with E-state index in [1.165, 1.54) is 65.1 Å². The molecule has 7 rings (SSSR count). The topological polar surface area (TPSA) is 0 Å². The SMILES string of the molecule is C=C1CC=C2C(=C1c1ccccc1)C(=C1C(C)=Cc3c1sc1cccc(-c4ccccc4)c31)C(C(C)C)[CH]2[Zr].Cl.Cl. The first kappa shape index (κ1) is 30.2. The van der Waals surface area contributed by atoms with Gasteiger partial charge in [-0.2, -0.15) is 0 Å². The molecular weight excluding hydrogens is 639 g/mol. The fourth-order valence-electron chi connectivity index (χ4n) is 6.98. The van der Waals surface area contributed by atoms with Crippen molar-refractivity contribution in [2.45, 2.75) is 30.8 Å². The Morgan fingerprint density at radius 3 is 2.15 bits per heavy atom. The Bertz CT molecular complexity index is 1780. The second-order valence-electron chi connectivity index (χ2n) is 11.3. The monoisotopic (exact) mass is 669 g/mol. The molecular formula is C37H33Cl2SZr. The summed E-state index contributed by atoms with van der Waals surface area (Å²) in [4.78, 5) is 1.45. The zero-order chi connectivity index (χ0) is 26.8. The maximum atomic E-state index is 4.60. The molecule has 1 fully saturated rings. The second kappa shape index (κ2) is 11.8. The fourth-order valence-corrected chi connectivity index (χ4v) is 10.3. The molecule has 3 aromatic carbocycles. The van der Waals surface area contributed by atoms with Gasteiger partial charge in [0, 0.05) is 0 Å². The predicted molar refractivity (Wildman–Crippen MR) is 180 cm³/mol. The third kappa shape index (κ3) is 4.76. The molecule has 0 N–H and O–H groups in total. The van der Waals surface area contributed by atoms with Crippen molar-refractivity contribution >= 4 is 63.5 Å². The van der Waals surface area contributed by atoms with Crippen LogP contribution in [-0.4, -0.2) is 0 Å². The third-order valence-electron chi connectivity index (χ3n) is 8.63. The van der Waals surface area contributed by atoms with Crippen LogP contribution in [0, 0.1) is 11.8 Å². The second-order valence-corrected chi connectivity index (χ2v) is 13.9. The zero-order valence-corrected chi connectivity index (χ0v) is 28.4. The van der Waals surface area contributed by atoms with Crippen molar-refractivity contribution in [3.8, 4) is 11.1 Å². The number of benzene rings is 3. The molecule has 0 saturated heterocycles. The van der Waals surface area contributed by atoms with Crippen LogP contribution in [0.3, 0.4) is 0 Å². The number of rotatable bonds is 3. The van der Waals surface area contributed by atoms with Gasteiger partial charge in [0.2, 0.25) is 0 Å². The van der Waals surface area contributed by atoms with Crippen LogP contribution in [0.4, 0.5) is 0 Å². The van der Waals surface area contributed by atoms with Crippen molar-refractivity contribution in [1.82, 2.24) is 0 Å². The predicted octanol–water partition coefficient (Wildman–Crippen LogP) is 11.5. The first-order valence-corrected chi connectivity index (χ1v) is 16.1. The van der Waals surface area contributed by atoms with E-state index in [0.29, 0.717) is 15.5 Å². The van der Waals surface area contributed by atoms with Crippen LogP contribution in [0.5, 0.6) is 0 Å². The summed E-state index contributed by atoms with van der Waals surface area (Å²) in [6, 6.07) is 28.7. The molecule has 0 nitrogen and oxygen atoms in total. The summed E-state index contributed by atoms with van der Waals surface area (Å²) < 4.78 is 1.95. The Balaban J connectivity index is 0.00000169. The van der Waals surface area contributed by atoms with E-state index in [2.05, 4.69) is 118 Å². The quantitative estimate of drug-likeness (QED) is 0.203. The van der Waals surface area contributed by atoms with Gasteiger partial charge in [0.05, 0.1) is 0 Å². The van der Waals surface area contributed by atoms with Crippen LogP contribution in [0.15, 0.2) is 119 Å². The molecule has 2 atom stereocenters. The molecule has 0 bridgehead atoms. The van der Waals surface area contributed by atoms with Gasteiger partial charge in [-0.25, -0.2) is 0 Å². The summed E-state index contributed by atoms with van der Waals surface area (Å²) in [5.41, 5.74) is 15.5. The minimum atomic E-state index is 0. The summed E-state index contributed by atoms with van der Waals surface area (Å²) in [5.74, 6) is 1.07. The number of hydrogen-bond donors (Lipinski definition) is 0. The van der Waals surface area contributed by atoms with E-state index in [4.69, 9.17) is 0 Å². The van der Waals surface area contributed by atoms with E-state index in [1.54, 1.807) is 35.9 Å². The van der Waals surface area contributed by atoms with Gasteiger partial charge >= 0.3 is 253 Å². The van der Waals surface area contributed by atoms with E-state index < -0.39 is 0 Å². The maximum absolute atomic E-state index is 4.60. The molecule has 0 amide bonds. The summed E-state index contributed by atoms with van der Waals surface area (Å²) >= 11 is 3.59. The van der Waals surface area contributed by atoms with Gasteiger partial charge in [0.25, 0.3) is 0 Å². The van der Waals surface area contributed by atoms with Gasteiger partial charge in [-0.05, 0) is 0 Å². The van der Waals surface area contributed by atoms with Crippen LogP contribution in [0.1, 0.15) is 43.2 Å². The molecule has 1 heterocycles. The standard InChI is InChI=1S/C37H31S.2ClH.Zr/c1-22(2)29-21-27-19-18-23(3)32(26-14-9-6-10-15-26)34(27)36(29)33-24(4)20-30-35-28(25-12-7-5-8-13-25)16-11-17-31(35)38-37(30)33;;;/h5-17,19-22,29H,3,18H2,1-2,4H3;2*1H;. The van der Waals surface area contributed by atoms with E-state index in [1.807, 2.05) is 11.3 Å². The number of thiophene rings is 1. The minimum absolute atomic E-state index is 0. The van der Waals surface area contributed by atoms with Crippen molar-refractivity contribution in [2.24, 2.45) is 11.8 Å². The van der Waals surface area contributed by atoms with Crippen LogP contribution in [0.25, 0.3) is 38.4 Å². The smallest absolute Gasteiger partial charge is 0.147 e. The molecule has 3 aliphatic carbocycles. The zero-order valence-electron chi connectivity index (χ0n) is 23.5. The van der Waals surface area contributed by atoms with Gasteiger partial charge in [0.15, 0.2) is 0 Å². The average molecular weight is 672 g/mol. The summed E-state index contributed by atoms with van der Waals surface area (Å²) in [5, 5.41) is 1.40. The normalized spacial score (nSPS) is 21.3. The van der Waals surface area contributed by atoms with Gasteiger partial charge < -0.3 is 0 Å². The Hall–Kier alpha value is -2.22. The van der Waals surface area contributed by atoms with Crippen LogP contribution < -0.4 is 0 Å². The molecule has 1 aromatic heterocycles. The largest absolute Gasteiger partial charge is 0.147 e. The Morgan fingerprint density at radius 2 is 1.49 bits per heavy atom. The molecule has 0 aliphatic heterocycles. The Labute approximate surface area is 275 Å². The van der Waals surface area contributed by atoms with E-state index in [-0.39, 0.29) is 24.8 Å². The van der Waals surface area contributed by atoms with Crippen LogP contribution in [0.2, 0.25) is 3.63 Å². The first-order valence-electron chi connectivity index (χ1n) is 13.9. The third-order valence-corrected chi connectivity index (χ3v) is 11.5. The molecule has 0 spiro atoms. The fraction of sp³-hybridized carbons (Fsp3) is 0.189. The van der Waals surface area contributed by atoms with Crippen molar-refractivity contribution in [3.63, 3.8) is 0 Å². The molecule has 41 heavy (non-hydrogen) atoms. The van der Waals surface area contributed by atoms with Gasteiger partial charge in [-0.15, -0.1) is 24.8 Å². The van der Waals surface area contributed by atoms with Crippen LogP contribution >= 0.6 is 36.2 Å². The molecule has 4 aromatic rings. The minimum Gasteiger partial charge on any atom is -0.147 e. The maximum Gasteiger partial charge on any atom is -0.147 e. The Morgan fingerprint density at radius 1 is 0.829 bits per heavy atom. The molecule has 1 saturated carbocycles.